The van der Waals surface area contributed by atoms with Crippen molar-refractivity contribution in [2.24, 2.45) is 0 Å². The Morgan fingerprint density at radius 1 is 1.21 bits per heavy atom. The van der Waals surface area contributed by atoms with Crippen molar-refractivity contribution in [2.75, 3.05) is 0 Å². The van der Waals surface area contributed by atoms with Crippen molar-refractivity contribution in [1.82, 2.24) is 10.3 Å². The number of thiazole rings is 1. The largest absolute Gasteiger partial charge is 0.458 e. The summed E-state index contributed by atoms with van der Waals surface area (Å²) < 4.78 is 5.75. The number of amides is 1. The summed E-state index contributed by atoms with van der Waals surface area (Å²) in [5, 5.41) is 5.85. The van der Waals surface area contributed by atoms with Gasteiger partial charge in [-0.1, -0.05) is 26.0 Å². The Balaban J connectivity index is 1.61. The van der Waals surface area contributed by atoms with E-state index < -0.39 is 0 Å². The second-order valence-electron chi connectivity index (χ2n) is 5.98. The van der Waals surface area contributed by atoms with Gasteiger partial charge in [-0.2, -0.15) is 0 Å². The third-order valence-corrected chi connectivity index (χ3v) is 4.57. The standard InChI is InChI=1S/C19H20N2O2S/c1-12(2)14-4-6-15(7-5-14)19(22)20-10-16-8-9-18(23-16)17-11-24-13(3)21-17/h4-9,11-12H,10H2,1-3H3,(H,20,22). The summed E-state index contributed by atoms with van der Waals surface area (Å²) in [5.74, 6) is 1.79. The summed E-state index contributed by atoms with van der Waals surface area (Å²) >= 11 is 1.59. The first-order valence-electron chi connectivity index (χ1n) is 7.92. The van der Waals surface area contributed by atoms with Crippen LogP contribution in [0.5, 0.6) is 0 Å². The fourth-order valence-corrected chi connectivity index (χ4v) is 2.98. The van der Waals surface area contributed by atoms with Crippen LogP contribution in [0.3, 0.4) is 0 Å². The van der Waals surface area contributed by atoms with Gasteiger partial charge in [0.25, 0.3) is 5.91 Å². The van der Waals surface area contributed by atoms with Crippen LogP contribution in [0.2, 0.25) is 0 Å². The number of carbonyl (C=O) groups excluding carboxylic acids is 1. The van der Waals surface area contributed by atoms with Crippen molar-refractivity contribution >= 4 is 17.2 Å². The van der Waals surface area contributed by atoms with Gasteiger partial charge in [0.2, 0.25) is 0 Å². The quantitative estimate of drug-likeness (QED) is 0.728. The van der Waals surface area contributed by atoms with E-state index in [9.17, 15) is 4.79 Å². The van der Waals surface area contributed by atoms with E-state index in [1.165, 1.54) is 5.56 Å². The lowest BCUT2D eigenvalue weighted by atomic mass is 10.0. The van der Waals surface area contributed by atoms with E-state index in [1.54, 1.807) is 11.3 Å². The summed E-state index contributed by atoms with van der Waals surface area (Å²) in [6.45, 7) is 6.58. The van der Waals surface area contributed by atoms with Crippen molar-refractivity contribution < 1.29 is 9.21 Å². The maximum atomic E-state index is 12.2. The monoisotopic (exact) mass is 340 g/mol. The van der Waals surface area contributed by atoms with Crippen molar-refractivity contribution in [3.8, 4) is 11.5 Å². The van der Waals surface area contributed by atoms with E-state index >= 15 is 0 Å². The molecule has 0 aliphatic carbocycles. The Hall–Kier alpha value is -2.40. The molecule has 24 heavy (non-hydrogen) atoms. The van der Waals surface area contributed by atoms with Crippen LogP contribution in [0.25, 0.3) is 11.5 Å². The summed E-state index contributed by atoms with van der Waals surface area (Å²) in [6.07, 6.45) is 0. The van der Waals surface area contributed by atoms with Gasteiger partial charge in [-0.05, 0) is 42.7 Å². The van der Waals surface area contributed by atoms with Gasteiger partial charge in [0.15, 0.2) is 5.76 Å². The number of carbonyl (C=O) groups is 1. The number of hydrogen-bond acceptors (Lipinski definition) is 4. The molecule has 0 radical (unpaired) electrons. The van der Waals surface area contributed by atoms with E-state index in [0.717, 1.165) is 16.5 Å². The van der Waals surface area contributed by atoms with E-state index in [2.05, 4.69) is 24.1 Å². The highest BCUT2D eigenvalue weighted by Crippen LogP contribution is 2.23. The van der Waals surface area contributed by atoms with Crippen LogP contribution in [0.4, 0.5) is 0 Å². The maximum absolute atomic E-state index is 12.2. The summed E-state index contributed by atoms with van der Waals surface area (Å²) in [6, 6.07) is 11.5. The van der Waals surface area contributed by atoms with Gasteiger partial charge in [-0.15, -0.1) is 11.3 Å². The average Bonchev–Trinajstić information content (AvgIpc) is 3.21. The molecule has 4 nitrogen and oxygen atoms in total. The molecule has 0 fully saturated rings. The number of nitrogens with one attached hydrogen (secondary N) is 1. The van der Waals surface area contributed by atoms with Gasteiger partial charge in [-0.3, -0.25) is 4.79 Å². The third kappa shape index (κ3) is 3.74. The smallest absolute Gasteiger partial charge is 0.251 e. The lowest BCUT2D eigenvalue weighted by molar-refractivity contribution is 0.0948. The maximum Gasteiger partial charge on any atom is 0.251 e. The van der Waals surface area contributed by atoms with Gasteiger partial charge in [-0.25, -0.2) is 4.98 Å². The van der Waals surface area contributed by atoms with Crippen molar-refractivity contribution in [3.05, 3.63) is 63.7 Å². The van der Waals surface area contributed by atoms with Gasteiger partial charge in [0.1, 0.15) is 11.5 Å². The normalized spacial score (nSPS) is 11.0. The minimum Gasteiger partial charge on any atom is -0.458 e. The highest BCUT2D eigenvalue weighted by atomic mass is 32.1. The summed E-state index contributed by atoms with van der Waals surface area (Å²) in [4.78, 5) is 16.6. The molecule has 0 aliphatic rings. The van der Waals surface area contributed by atoms with E-state index in [4.69, 9.17) is 4.42 Å². The zero-order valence-corrected chi connectivity index (χ0v) is 14.8. The molecule has 2 aromatic heterocycles. The second-order valence-corrected chi connectivity index (χ2v) is 7.04. The van der Waals surface area contributed by atoms with Crippen molar-refractivity contribution in [3.63, 3.8) is 0 Å². The minimum absolute atomic E-state index is 0.104. The van der Waals surface area contributed by atoms with Crippen LogP contribution < -0.4 is 5.32 Å². The first-order valence-corrected chi connectivity index (χ1v) is 8.80. The predicted molar refractivity (Wildman–Crippen MR) is 96.3 cm³/mol. The molecule has 0 saturated heterocycles. The second kappa shape index (κ2) is 7.01. The predicted octanol–water partition coefficient (Wildman–Crippen LogP) is 4.76. The molecule has 0 saturated carbocycles. The van der Waals surface area contributed by atoms with Gasteiger partial charge >= 0.3 is 0 Å². The highest BCUT2D eigenvalue weighted by molar-refractivity contribution is 7.09. The molecule has 2 heterocycles. The average molecular weight is 340 g/mol. The van der Waals surface area contributed by atoms with Gasteiger partial charge in [0, 0.05) is 10.9 Å². The van der Waals surface area contributed by atoms with Crippen LogP contribution >= 0.6 is 11.3 Å². The molecule has 5 heteroatoms. The topological polar surface area (TPSA) is 55.1 Å². The fraction of sp³-hybridized carbons (Fsp3) is 0.263. The molecule has 1 N–H and O–H groups in total. The fourth-order valence-electron chi connectivity index (χ4n) is 2.38. The first kappa shape index (κ1) is 16.5. The van der Waals surface area contributed by atoms with Crippen LogP contribution in [-0.2, 0) is 6.54 Å². The van der Waals surface area contributed by atoms with Crippen LogP contribution in [0.15, 0.2) is 46.2 Å². The molecule has 0 spiro atoms. The zero-order valence-electron chi connectivity index (χ0n) is 14.0. The number of benzene rings is 1. The van der Waals surface area contributed by atoms with E-state index in [1.807, 2.05) is 48.7 Å². The first-order chi connectivity index (χ1) is 11.5. The van der Waals surface area contributed by atoms with E-state index in [-0.39, 0.29) is 5.91 Å². The molecular formula is C19H20N2O2S. The molecule has 1 aromatic carbocycles. The Morgan fingerprint density at radius 2 is 1.96 bits per heavy atom. The van der Waals surface area contributed by atoms with Crippen molar-refractivity contribution in [2.45, 2.75) is 33.2 Å². The molecule has 124 valence electrons. The molecular weight excluding hydrogens is 320 g/mol. The zero-order chi connectivity index (χ0) is 17.1. The number of rotatable bonds is 5. The molecule has 1 amide bonds. The molecule has 0 aliphatic heterocycles. The number of nitrogens with zero attached hydrogens (tertiary/aromatic N) is 1. The number of hydrogen-bond donors (Lipinski definition) is 1. The van der Waals surface area contributed by atoms with Gasteiger partial charge < -0.3 is 9.73 Å². The van der Waals surface area contributed by atoms with Gasteiger partial charge in [0.05, 0.1) is 11.6 Å². The Bertz CT molecular complexity index is 831. The SMILES string of the molecule is Cc1nc(-c2ccc(CNC(=O)c3ccc(C(C)C)cc3)o2)cs1. The Labute approximate surface area is 145 Å². The lowest BCUT2D eigenvalue weighted by Crippen LogP contribution is -2.22. The number of aromatic nitrogens is 1. The molecule has 3 aromatic rings. The van der Waals surface area contributed by atoms with Crippen LogP contribution in [-0.4, -0.2) is 10.9 Å². The molecule has 0 unspecified atom stereocenters. The van der Waals surface area contributed by atoms with Crippen LogP contribution in [0.1, 0.15) is 46.5 Å². The summed E-state index contributed by atoms with van der Waals surface area (Å²) in [5.41, 5.74) is 2.71. The molecule has 0 atom stereocenters. The third-order valence-electron chi connectivity index (χ3n) is 3.80. The van der Waals surface area contributed by atoms with Crippen LogP contribution in [0, 0.1) is 6.92 Å². The Kier molecular flexibility index (Phi) is 4.81. The Morgan fingerprint density at radius 3 is 2.58 bits per heavy atom. The van der Waals surface area contributed by atoms with Crippen molar-refractivity contribution in [1.29, 1.82) is 0 Å². The number of aryl methyl sites for hydroxylation is 1. The number of furan rings is 1. The van der Waals surface area contributed by atoms with E-state index in [0.29, 0.717) is 23.8 Å². The molecule has 0 bridgehead atoms. The minimum atomic E-state index is -0.104. The highest BCUT2D eigenvalue weighted by Gasteiger charge is 2.10. The lowest BCUT2D eigenvalue weighted by Gasteiger charge is -2.07. The summed E-state index contributed by atoms with van der Waals surface area (Å²) in [7, 11) is 0. The molecule has 3 rings (SSSR count).